The van der Waals surface area contributed by atoms with Gasteiger partial charge in [-0.2, -0.15) is 0 Å². The number of H-pyrrole nitrogens is 1. The van der Waals surface area contributed by atoms with Crippen LogP contribution >= 0.6 is 0 Å². The van der Waals surface area contributed by atoms with Crippen LogP contribution in [0.1, 0.15) is 0 Å². The van der Waals surface area contributed by atoms with Crippen LogP contribution in [0.25, 0.3) is 11.0 Å². The fourth-order valence-electron chi connectivity index (χ4n) is 3.39. The van der Waals surface area contributed by atoms with Gasteiger partial charge in [0.05, 0.1) is 30.9 Å². The van der Waals surface area contributed by atoms with Crippen molar-refractivity contribution in [2.24, 2.45) is 0 Å². The van der Waals surface area contributed by atoms with Gasteiger partial charge in [-0.1, -0.05) is 18.2 Å². The molecule has 1 fully saturated rings. The van der Waals surface area contributed by atoms with Crippen LogP contribution < -0.4 is 19.7 Å². The second kappa shape index (κ2) is 7.67. The van der Waals surface area contributed by atoms with Crippen LogP contribution in [0.3, 0.4) is 0 Å². The molecular weight excluding hydrogens is 358 g/mol. The van der Waals surface area contributed by atoms with Crippen molar-refractivity contribution in [2.75, 3.05) is 50.6 Å². The first-order valence-electron chi connectivity index (χ1n) is 9.16. The summed E-state index contributed by atoms with van der Waals surface area (Å²) in [6.45, 7) is 2.63. The van der Waals surface area contributed by atoms with E-state index in [0.29, 0.717) is 43.4 Å². The van der Waals surface area contributed by atoms with E-state index in [2.05, 4.69) is 20.2 Å². The van der Waals surface area contributed by atoms with E-state index in [1.165, 1.54) is 0 Å². The summed E-state index contributed by atoms with van der Waals surface area (Å²) in [6, 6.07) is 13.2. The number of carbonyl (C=O) groups excluding carboxylic acids is 1. The van der Waals surface area contributed by atoms with Gasteiger partial charge in [-0.25, -0.2) is 9.78 Å². The van der Waals surface area contributed by atoms with Gasteiger partial charge in [0.25, 0.3) is 0 Å². The Bertz CT molecular complexity index is 946. The van der Waals surface area contributed by atoms with E-state index in [9.17, 15) is 4.79 Å². The lowest BCUT2D eigenvalue weighted by molar-refractivity contribution is 0.208. The van der Waals surface area contributed by atoms with Crippen LogP contribution in [-0.4, -0.2) is 61.3 Å². The second-order valence-electron chi connectivity index (χ2n) is 6.52. The maximum atomic E-state index is 12.7. The highest BCUT2D eigenvalue weighted by Crippen LogP contribution is 2.34. The van der Waals surface area contributed by atoms with Crippen molar-refractivity contribution in [3.05, 3.63) is 42.5 Å². The van der Waals surface area contributed by atoms with Crippen LogP contribution in [-0.2, 0) is 0 Å². The Morgan fingerprint density at radius 2 is 1.82 bits per heavy atom. The second-order valence-corrected chi connectivity index (χ2v) is 6.52. The number of anilines is 2. The quantitative estimate of drug-likeness (QED) is 0.726. The van der Waals surface area contributed by atoms with Crippen molar-refractivity contribution >= 4 is 28.7 Å². The fourth-order valence-corrected chi connectivity index (χ4v) is 3.39. The van der Waals surface area contributed by atoms with Gasteiger partial charge in [0, 0.05) is 26.2 Å². The maximum absolute atomic E-state index is 12.7. The number of aromatic nitrogens is 2. The summed E-state index contributed by atoms with van der Waals surface area (Å²) >= 11 is 0. The summed E-state index contributed by atoms with van der Waals surface area (Å²) in [6.07, 6.45) is 0. The minimum atomic E-state index is -0.157. The van der Waals surface area contributed by atoms with E-state index in [1.807, 2.05) is 30.3 Å². The fraction of sp³-hybridized carbons (Fsp3) is 0.300. The van der Waals surface area contributed by atoms with Gasteiger partial charge in [-0.3, -0.25) is 0 Å². The van der Waals surface area contributed by atoms with E-state index >= 15 is 0 Å². The molecule has 0 spiro atoms. The Kier molecular flexibility index (Phi) is 4.92. The summed E-state index contributed by atoms with van der Waals surface area (Å²) in [4.78, 5) is 24.6. The normalized spacial score (nSPS) is 14.2. The molecule has 3 aromatic rings. The predicted octanol–water partition coefficient (Wildman–Crippen LogP) is 2.93. The molecule has 0 radical (unpaired) electrons. The van der Waals surface area contributed by atoms with E-state index < -0.39 is 0 Å². The van der Waals surface area contributed by atoms with Crippen LogP contribution in [0.4, 0.5) is 16.4 Å². The molecule has 0 unspecified atom stereocenters. The van der Waals surface area contributed by atoms with E-state index in [-0.39, 0.29) is 6.03 Å². The Morgan fingerprint density at radius 1 is 1.04 bits per heavy atom. The Morgan fingerprint density at radius 3 is 2.54 bits per heavy atom. The van der Waals surface area contributed by atoms with Gasteiger partial charge in [-0.15, -0.1) is 0 Å². The molecule has 28 heavy (non-hydrogen) atoms. The molecule has 1 aliphatic rings. The molecule has 0 atom stereocenters. The number of amides is 2. The van der Waals surface area contributed by atoms with Crippen molar-refractivity contribution in [3.8, 4) is 11.5 Å². The summed E-state index contributed by atoms with van der Waals surface area (Å²) in [7, 11) is 3.13. The number of fused-ring (bicyclic) bond motifs is 1. The van der Waals surface area contributed by atoms with Crippen molar-refractivity contribution in [1.82, 2.24) is 14.9 Å². The average molecular weight is 381 g/mol. The number of nitrogens with one attached hydrogen (secondary N) is 2. The number of imidazole rings is 1. The number of methoxy groups -OCH3 is 2. The molecule has 2 heterocycles. The number of ether oxygens (including phenoxy) is 2. The number of rotatable bonds is 4. The molecule has 2 amide bonds. The molecule has 1 aliphatic heterocycles. The van der Waals surface area contributed by atoms with Crippen molar-refractivity contribution in [2.45, 2.75) is 0 Å². The van der Waals surface area contributed by atoms with Crippen LogP contribution in [0, 0.1) is 0 Å². The summed E-state index contributed by atoms with van der Waals surface area (Å²) in [5.41, 5.74) is 2.55. The predicted molar refractivity (Wildman–Crippen MR) is 108 cm³/mol. The van der Waals surface area contributed by atoms with E-state index in [0.717, 1.165) is 17.0 Å². The number of para-hydroxylation sites is 3. The molecule has 0 bridgehead atoms. The first kappa shape index (κ1) is 18.0. The highest BCUT2D eigenvalue weighted by atomic mass is 16.5. The third-order valence-corrected chi connectivity index (χ3v) is 4.89. The summed E-state index contributed by atoms with van der Waals surface area (Å²) in [5.74, 6) is 1.94. The molecule has 1 aromatic heterocycles. The maximum Gasteiger partial charge on any atom is 0.322 e. The largest absolute Gasteiger partial charge is 0.493 e. The van der Waals surface area contributed by atoms with Crippen LogP contribution in [0.2, 0.25) is 0 Å². The Labute approximate surface area is 163 Å². The van der Waals surface area contributed by atoms with Gasteiger partial charge in [0.1, 0.15) is 0 Å². The molecule has 8 nitrogen and oxygen atoms in total. The molecule has 8 heteroatoms. The standard InChI is InChI=1S/C20H23N5O3/c1-27-17-9-5-8-16(18(17)28-2)23-20(26)25-12-10-24(11-13-25)19-21-14-6-3-4-7-15(14)22-19/h3-9H,10-13H2,1-2H3,(H,21,22)(H,23,26). The summed E-state index contributed by atoms with van der Waals surface area (Å²) < 4.78 is 10.7. The van der Waals surface area contributed by atoms with Gasteiger partial charge in [-0.05, 0) is 24.3 Å². The first-order valence-corrected chi connectivity index (χ1v) is 9.16. The average Bonchev–Trinajstić information content (AvgIpc) is 3.18. The van der Waals surface area contributed by atoms with E-state index in [1.54, 1.807) is 31.3 Å². The molecule has 0 saturated carbocycles. The van der Waals surface area contributed by atoms with E-state index in [4.69, 9.17) is 9.47 Å². The molecule has 0 aliphatic carbocycles. The Hall–Kier alpha value is -3.42. The number of benzene rings is 2. The Balaban J connectivity index is 1.40. The zero-order valence-corrected chi connectivity index (χ0v) is 15.9. The van der Waals surface area contributed by atoms with Crippen molar-refractivity contribution in [3.63, 3.8) is 0 Å². The SMILES string of the molecule is COc1cccc(NC(=O)N2CCN(c3nc4ccccc4[nH]3)CC2)c1OC. The lowest BCUT2D eigenvalue weighted by Gasteiger charge is -2.34. The van der Waals surface area contributed by atoms with Gasteiger partial charge >= 0.3 is 6.03 Å². The summed E-state index contributed by atoms with van der Waals surface area (Å²) in [5, 5.41) is 2.92. The molecule has 2 aromatic carbocycles. The number of piperazine rings is 1. The minimum absolute atomic E-state index is 0.157. The molecule has 2 N–H and O–H groups in total. The van der Waals surface area contributed by atoms with Crippen LogP contribution in [0.5, 0.6) is 11.5 Å². The molecule has 146 valence electrons. The number of aromatic amines is 1. The molecular formula is C20H23N5O3. The van der Waals surface area contributed by atoms with Crippen LogP contribution in [0.15, 0.2) is 42.5 Å². The number of hydrogen-bond acceptors (Lipinski definition) is 5. The number of urea groups is 1. The third-order valence-electron chi connectivity index (χ3n) is 4.89. The minimum Gasteiger partial charge on any atom is -0.493 e. The number of nitrogens with zero attached hydrogens (tertiary/aromatic N) is 3. The number of carbonyl (C=O) groups is 1. The van der Waals surface area contributed by atoms with Crippen molar-refractivity contribution in [1.29, 1.82) is 0 Å². The zero-order chi connectivity index (χ0) is 19.5. The highest BCUT2D eigenvalue weighted by Gasteiger charge is 2.24. The lowest BCUT2D eigenvalue weighted by Crippen LogP contribution is -2.50. The van der Waals surface area contributed by atoms with Gasteiger partial charge < -0.3 is 29.6 Å². The smallest absolute Gasteiger partial charge is 0.322 e. The monoisotopic (exact) mass is 381 g/mol. The number of hydrogen-bond donors (Lipinski definition) is 2. The van der Waals surface area contributed by atoms with Crippen molar-refractivity contribution < 1.29 is 14.3 Å². The van der Waals surface area contributed by atoms with Gasteiger partial charge in [0.2, 0.25) is 5.95 Å². The highest BCUT2D eigenvalue weighted by molar-refractivity contribution is 5.91. The molecule has 4 rings (SSSR count). The zero-order valence-electron chi connectivity index (χ0n) is 15.9. The molecule has 1 saturated heterocycles. The lowest BCUT2D eigenvalue weighted by atomic mass is 10.2. The first-order chi connectivity index (χ1) is 13.7. The van der Waals surface area contributed by atoms with Gasteiger partial charge in [0.15, 0.2) is 11.5 Å². The third kappa shape index (κ3) is 3.40. The topological polar surface area (TPSA) is 82.7 Å².